The minimum Gasteiger partial charge on any atom is -0.350 e. The van der Waals surface area contributed by atoms with Gasteiger partial charge in [-0.25, -0.2) is 31.3 Å². The summed E-state index contributed by atoms with van der Waals surface area (Å²) in [5.74, 6) is 11.6. The number of hydrogen-bond donors (Lipinski definition) is 4. The van der Waals surface area contributed by atoms with Gasteiger partial charge in [0.1, 0.15) is 0 Å². The van der Waals surface area contributed by atoms with E-state index in [0.29, 0.717) is 20.8 Å². The van der Waals surface area contributed by atoms with Crippen LogP contribution in [0.3, 0.4) is 0 Å². The number of carbonyl (C=O) groups is 2. The zero-order valence-corrected chi connectivity index (χ0v) is 14.8. The third-order valence-electron chi connectivity index (χ3n) is 3.96. The standard InChI is InChI=1S/C16H14Cl2N6O2/c17-11-12(18)14(24(22)16(20)26)10-6-8-4-2-1-3-7(8)5-9(10)13(11)23(21)15(19)25/h1-6H,21-22H2,(H2,19,25)(H2,20,26). The highest BCUT2D eigenvalue weighted by Gasteiger charge is 2.26. The van der Waals surface area contributed by atoms with Crippen LogP contribution >= 0.6 is 23.2 Å². The van der Waals surface area contributed by atoms with Gasteiger partial charge in [-0.05, 0) is 22.9 Å². The molecule has 0 unspecified atom stereocenters. The fraction of sp³-hybridized carbons (Fsp3) is 0. The van der Waals surface area contributed by atoms with E-state index in [1.54, 1.807) is 12.1 Å². The first kappa shape index (κ1) is 18.0. The largest absolute Gasteiger partial charge is 0.350 e. The minimum absolute atomic E-state index is 0.0894. The van der Waals surface area contributed by atoms with Crippen LogP contribution in [0.1, 0.15) is 0 Å². The third-order valence-corrected chi connectivity index (χ3v) is 4.79. The van der Waals surface area contributed by atoms with Crippen LogP contribution in [0.15, 0.2) is 36.4 Å². The van der Waals surface area contributed by atoms with Gasteiger partial charge in [-0.3, -0.25) is 0 Å². The summed E-state index contributed by atoms with van der Waals surface area (Å²) in [7, 11) is 0. The smallest absolute Gasteiger partial charge is 0.333 e. The Hall–Kier alpha value is -2.78. The highest BCUT2D eigenvalue weighted by atomic mass is 35.5. The summed E-state index contributed by atoms with van der Waals surface area (Å²) in [5, 5.41) is 3.69. The Labute approximate surface area is 157 Å². The van der Waals surface area contributed by atoms with Gasteiger partial charge in [0, 0.05) is 10.8 Å². The zero-order chi connectivity index (χ0) is 19.2. The van der Waals surface area contributed by atoms with Crippen molar-refractivity contribution >= 4 is 68.2 Å². The average molecular weight is 393 g/mol. The van der Waals surface area contributed by atoms with Gasteiger partial charge in [0.05, 0.1) is 21.4 Å². The number of amides is 4. The molecule has 3 rings (SSSR count). The predicted octanol–water partition coefficient (Wildman–Crippen LogP) is 2.82. The van der Waals surface area contributed by atoms with Crippen molar-refractivity contribution in [2.24, 2.45) is 23.2 Å². The van der Waals surface area contributed by atoms with Crippen LogP contribution in [0.2, 0.25) is 10.0 Å². The van der Waals surface area contributed by atoms with E-state index in [0.717, 1.165) is 10.8 Å². The molecule has 0 aliphatic carbocycles. The molecule has 0 saturated carbocycles. The molecule has 0 aliphatic heterocycles. The van der Waals surface area contributed by atoms with E-state index in [1.165, 1.54) is 0 Å². The lowest BCUT2D eigenvalue weighted by Gasteiger charge is -2.24. The second-order valence-corrected chi connectivity index (χ2v) is 6.24. The maximum atomic E-state index is 11.6. The van der Waals surface area contributed by atoms with E-state index in [4.69, 9.17) is 46.4 Å². The summed E-state index contributed by atoms with van der Waals surface area (Å²) in [6.07, 6.45) is 0. The van der Waals surface area contributed by atoms with E-state index < -0.39 is 12.1 Å². The molecule has 0 radical (unpaired) electrons. The normalized spacial score (nSPS) is 10.9. The van der Waals surface area contributed by atoms with Crippen LogP contribution in [0.25, 0.3) is 21.5 Å². The Morgan fingerprint density at radius 3 is 1.42 bits per heavy atom. The van der Waals surface area contributed by atoms with Crippen molar-refractivity contribution in [1.29, 1.82) is 0 Å². The molecule has 8 N–H and O–H groups in total. The van der Waals surface area contributed by atoms with Gasteiger partial charge in [-0.2, -0.15) is 0 Å². The molecule has 0 aromatic heterocycles. The van der Waals surface area contributed by atoms with Crippen molar-refractivity contribution in [1.82, 2.24) is 0 Å². The summed E-state index contributed by atoms with van der Waals surface area (Å²) in [6.45, 7) is 0. The number of nitrogens with zero attached hydrogens (tertiary/aromatic N) is 2. The number of hydrazine groups is 2. The second kappa shape index (κ2) is 6.50. The van der Waals surface area contributed by atoms with Gasteiger partial charge in [0.15, 0.2) is 0 Å². The lowest BCUT2D eigenvalue weighted by atomic mass is 10.00. The molecule has 4 amide bonds. The van der Waals surface area contributed by atoms with Gasteiger partial charge in [0.25, 0.3) is 0 Å². The number of anilines is 2. The summed E-state index contributed by atoms with van der Waals surface area (Å²) in [6, 6.07) is 9.01. The molecular formula is C16H14Cl2N6O2. The number of benzene rings is 3. The number of nitrogens with two attached hydrogens (primary N) is 4. The first-order valence-corrected chi connectivity index (χ1v) is 8.01. The zero-order valence-electron chi connectivity index (χ0n) is 13.2. The summed E-state index contributed by atoms with van der Waals surface area (Å²) in [5.41, 5.74) is 10.8. The Morgan fingerprint density at radius 2 is 1.12 bits per heavy atom. The molecule has 0 bridgehead atoms. The quantitative estimate of drug-likeness (QED) is 0.230. The molecule has 0 fully saturated rings. The minimum atomic E-state index is -0.940. The Bertz CT molecular complexity index is 988. The molecule has 0 heterocycles. The molecule has 3 aromatic rings. The number of fused-ring (bicyclic) bond motifs is 2. The number of carbonyl (C=O) groups excluding carboxylic acids is 2. The van der Waals surface area contributed by atoms with Crippen LogP contribution < -0.4 is 33.2 Å². The maximum Gasteiger partial charge on any atom is 0.333 e. The van der Waals surface area contributed by atoms with Gasteiger partial charge in [-0.1, -0.05) is 47.5 Å². The third kappa shape index (κ3) is 2.74. The molecule has 0 aliphatic rings. The van der Waals surface area contributed by atoms with Gasteiger partial charge < -0.3 is 11.5 Å². The molecule has 8 nitrogen and oxygen atoms in total. The van der Waals surface area contributed by atoms with Crippen molar-refractivity contribution < 1.29 is 9.59 Å². The van der Waals surface area contributed by atoms with Crippen LogP contribution in [-0.2, 0) is 0 Å². The molecule has 26 heavy (non-hydrogen) atoms. The van der Waals surface area contributed by atoms with E-state index in [2.05, 4.69) is 0 Å². The number of urea groups is 2. The first-order chi connectivity index (χ1) is 12.2. The van der Waals surface area contributed by atoms with Crippen LogP contribution in [-0.4, -0.2) is 12.1 Å². The van der Waals surface area contributed by atoms with Crippen LogP contribution in [0, 0.1) is 0 Å². The summed E-state index contributed by atoms with van der Waals surface area (Å²) in [4.78, 5) is 23.2. The average Bonchev–Trinajstić information content (AvgIpc) is 2.60. The van der Waals surface area contributed by atoms with Crippen molar-refractivity contribution in [2.45, 2.75) is 0 Å². The van der Waals surface area contributed by atoms with Crippen molar-refractivity contribution in [3.8, 4) is 0 Å². The topological polar surface area (TPSA) is 145 Å². The molecular weight excluding hydrogens is 379 g/mol. The van der Waals surface area contributed by atoms with Crippen molar-refractivity contribution in [3.63, 3.8) is 0 Å². The summed E-state index contributed by atoms with van der Waals surface area (Å²) >= 11 is 12.6. The van der Waals surface area contributed by atoms with Gasteiger partial charge in [0.2, 0.25) is 0 Å². The van der Waals surface area contributed by atoms with E-state index >= 15 is 0 Å². The molecule has 3 aromatic carbocycles. The lowest BCUT2D eigenvalue weighted by Crippen LogP contribution is -2.43. The van der Waals surface area contributed by atoms with Crippen LogP contribution in [0.5, 0.6) is 0 Å². The van der Waals surface area contributed by atoms with E-state index in [-0.39, 0.29) is 21.4 Å². The monoisotopic (exact) mass is 392 g/mol. The number of hydrogen-bond acceptors (Lipinski definition) is 4. The van der Waals surface area contributed by atoms with E-state index in [9.17, 15) is 9.59 Å². The first-order valence-electron chi connectivity index (χ1n) is 7.26. The number of primary amides is 2. The molecule has 10 heteroatoms. The highest BCUT2D eigenvalue weighted by Crippen LogP contribution is 2.47. The van der Waals surface area contributed by atoms with E-state index in [1.807, 2.05) is 24.3 Å². The maximum absolute atomic E-state index is 11.6. The summed E-state index contributed by atoms with van der Waals surface area (Å²) < 4.78 is 0. The van der Waals surface area contributed by atoms with Crippen molar-refractivity contribution in [2.75, 3.05) is 10.0 Å². The molecule has 0 spiro atoms. The number of rotatable bonds is 2. The molecule has 134 valence electrons. The number of halogens is 2. The van der Waals surface area contributed by atoms with Crippen molar-refractivity contribution in [3.05, 3.63) is 46.4 Å². The predicted molar refractivity (Wildman–Crippen MR) is 104 cm³/mol. The Kier molecular flexibility index (Phi) is 4.51. The van der Waals surface area contributed by atoms with Gasteiger partial charge >= 0.3 is 12.1 Å². The fourth-order valence-corrected chi connectivity index (χ4v) is 3.33. The lowest BCUT2D eigenvalue weighted by molar-refractivity contribution is 0.253. The Morgan fingerprint density at radius 1 is 0.769 bits per heavy atom. The molecule has 0 atom stereocenters. The van der Waals surface area contributed by atoms with Gasteiger partial charge in [-0.15, -0.1) is 0 Å². The Balaban J connectivity index is 2.54. The van der Waals surface area contributed by atoms with Crippen LogP contribution in [0.4, 0.5) is 21.0 Å². The fourth-order valence-electron chi connectivity index (χ4n) is 2.77. The highest BCUT2D eigenvalue weighted by molar-refractivity contribution is 6.48. The molecule has 0 saturated heterocycles. The SMILES string of the molecule is NC(=O)N(N)c1c(Cl)c(Cl)c(N(N)C(N)=O)c2cc3ccccc3cc12. The second-order valence-electron chi connectivity index (χ2n) is 5.49.